The fraction of sp³-hybridized carbons (Fsp3) is 0.625. The number of halogens is 1. The van der Waals surface area contributed by atoms with E-state index in [1.165, 1.54) is 12.3 Å². The van der Waals surface area contributed by atoms with E-state index in [9.17, 15) is 9.18 Å². The highest BCUT2D eigenvalue weighted by molar-refractivity contribution is 5.94. The number of carbonyl (C=O) groups excluding carboxylic acids is 1. The first-order valence-electron chi connectivity index (χ1n) is 7.50. The number of nitrogens with zero attached hydrogens (tertiary/aromatic N) is 2. The van der Waals surface area contributed by atoms with Crippen molar-refractivity contribution in [2.24, 2.45) is 5.92 Å². The first-order valence-corrected chi connectivity index (χ1v) is 7.50. The third-order valence-corrected chi connectivity index (χ3v) is 3.98. The van der Waals surface area contributed by atoms with Crippen molar-refractivity contribution in [2.45, 2.75) is 52.0 Å². The number of amides is 1. The van der Waals surface area contributed by atoms with E-state index in [4.69, 9.17) is 0 Å². The van der Waals surface area contributed by atoms with Gasteiger partial charge in [-0.2, -0.15) is 0 Å². The lowest BCUT2D eigenvalue weighted by Crippen LogP contribution is -2.40. The molecular formula is C16H23FN2O. The summed E-state index contributed by atoms with van der Waals surface area (Å²) in [6.07, 6.45) is 7.94. The van der Waals surface area contributed by atoms with Crippen LogP contribution in [0, 0.1) is 11.7 Å². The Morgan fingerprint density at radius 1 is 1.45 bits per heavy atom. The molecule has 1 fully saturated rings. The molecule has 110 valence electrons. The molecule has 1 aromatic heterocycles. The van der Waals surface area contributed by atoms with E-state index in [0.29, 0.717) is 12.5 Å². The maximum atomic E-state index is 13.8. The average Bonchev–Trinajstić information content (AvgIpc) is 2.93. The van der Waals surface area contributed by atoms with Gasteiger partial charge in [0.15, 0.2) is 5.82 Å². The molecule has 0 aromatic carbocycles. The van der Waals surface area contributed by atoms with Crippen LogP contribution in [0.2, 0.25) is 0 Å². The third kappa shape index (κ3) is 3.56. The zero-order chi connectivity index (χ0) is 14.5. The van der Waals surface area contributed by atoms with E-state index >= 15 is 0 Å². The minimum Gasteiger partial charge on any atom is -0.336 e. The monoisotopic (exact) mass is 278 g/mol. The van der Waals surface area contributed by atoms with Crippen molar-refractivity contribution in [3.05, 3.63) is 29.8 Å². The largest absolute Gasteiger partial charge is 0.336 e. The van der Waals surface area contributed by atoms with Gasteiger partial charge in [-0.05, 0) is 31.2 Å². The Kier molecular flexibility index (Phi) is 5.10. The van der Waals surface area contributed by atoms with E-state index in [2.05, 4.69) is 18.8 Å². The van der Waals surface area contributed by atoms with Crippen molar-refractivity contribution in [3.8, 4) is 0 Å². The predicted molar refractivity (Wildman–Crippen MR) is 76.9 cm³/mol. The van der Waals surface area contributed by atoms with Crippen LogP contribution < -0.4 is 0 Å². The molecule has 0 N–H and O–H groups in total. The Labute approximate surface area is 120 Å². The summed E-state index contributed by atoms with van der Waals surface area (Å²) in [6.45, 7) is 5.00. The number of pyridine rings is 1. The van der Waals surface area contributed by atoms with Crippen LogP contribution in [-0.2, 0) is 0 Å². The van der Waals surface area contributed by atoms with Gasteiger partial charge in [-0.15, -0.1) is 0 Å². The summed E-state index contributed by atoms with van der Waals surface area (Å²) in [5, 5.41) is 0. The second-order valence-electron chi connectivity index (χ2n) is 5.97. The Bertz CT molecular complexity index is 456. The molecule has 20 heavy (non-hydrogen) atoms. The number of aromatic nitrogens is 1. The fourth-order valence-corrected chi connectivity index (χ4v) is 2.77. The van der Waals surface area contributed by atoms with E-state index in [-0.39, 0.29) is 17.5 Å². The van der Waals surface area contributed by atoms with Crippen molar-refractivity contribution < 1.29 is 9.18 Å². The molecule has 1 aromatic rings. The molecule has 1 heterocycles. The lowest BCUT2D eigenvalue weighted by molar-refractivity contribution is 0.0667. The van der Waals surface area contributed by atoms with Crippen molar-refractivity contribution in [2.75, 3.05) is 6.54 Å². The molecule has 0 aliphatic heterocycles. The van der Waals surface area contributed by atoms with Gasteiger partial charge in [0.05, 0.1) is 11.8 Å². The number of hydrogen-bond donors (Lipinski definition) is 0. The smallest absolute Gasteiger partial charge is 0.257 e. The topological polar surface area (TPSA) is 33.2 Å². The van der Waals surface area contributed by atoms with Crippen LogP contribution in [0.3, 0.4) is 0 Å². The summed E-state index contributed by atoms with van der Waals surface area (Å²) in [5.74, 6) is -0.170. The molecule has 1 amide bonds. The Balaban J connectivity index is 2.16. The van der Waals surface area contributed by atoms with E-state index in [1.54, 1.807) is 0 Å². The molecule has 0 spiro atoms. The normalized spacial score (nSPS) is 15.8. The minimum absolute atomic E-state index is 0.149. The number of rotatable bonds is 5. The van der Waals surface area contributed by atoms with Crippen LogP contribution in [-0.4, -0.2) is 28.4 Å². The van der Waals surface area contributed by atoms with Gasteiger partial charge in [-0.1, -0.05) is 26.7 Å². The van der Waals surface area contributed by atoms with Gasteiger partial charge in [0.2, 0.25) is 0 Å². The average molecular weight is 278 g/mol. The van der Waals surface area contributed by atoms with Crippen LogP contribution in [0.4, 0.5) is 4.39 Å². The summed E-state index contributed by atoms with van der Waals surface area (Å²) in [6, 6.07) is 1.75. The Morgan fingerprint density at radius 2 is 2.15 bits per heavy atom. The van der Waals surface area contributed by atoms with Crippen molar-refractivity contribution >= 4 is 5.91 Å². The maximum absolute atomic E-state index is 13.8. The van der Waals surface area contributed by atoms with Crippen LogP contribution in [0.1, 0.15) is 56.3 Å². The predicted octanol–water partition coefficient (Wildman–Crippen LogP) is 3.65. The van der Waals surface area contributed by atoms with E-state index in [0.717, 1.165) is 38.3 Å². The Morgan fingerprint density at radius 3 is 2.75 bits per heavy atom. The van der Waals surface area contributed by atoms with Gasteiger partial charge in [0.1, 0.15) is 0 Å². The molecule has 4 heteroatoms. The molecule has 1 saturated carbocycles. The van der Waals surface area contributed by atoms with Gasteiger partial charge < -0.3 is 4.90 Å². The molecule has 1 aliphatic carbocycles. The number of carbonyl (C=O) groups is 1. The van der Waals surface area contributed by atoms with E-state index < -0.39 is 5.82 Å². The molecule has 0 unspecified atom stereocenters. The lowest BCUT2D eigenvalue weighted by atomic mass is 10.1. The standard InChI is InChI=1S/C16H23FN2O/c1-12(2)8-10-19(13-5-3-4-6-13)16(20)14-7-9-18-11-15(14)17/h7,9,11-13H,3-6,8,10H2,1-2H3. The van der Waals surface area contributed by atoms with Gasteiger partial charge >= 0.3 is 0 Å². The first-order chi connectivity index (χ1) is 9.59. The second kappa shape index (κ2) is 6.82. The molecule has 0 radical (unpaired) electrons. The van der Waals surface area contributed by atoms with Crippen LogP contribution >= 0.6 is 0 Å². The maximum Gasteiger partial charge on any atom is 0.257 e. The minimum atomic E-state index is -0.523. The Hall–Kier alpha value is -1.45. The highest BCUT2D eigenvalue weighted by Crippen LogP contribution is 2.26. The fourth-order valence-electron chi connectivity index (χ4n) is 2.77. The van der Waals surface area contributed by atoms with Gasteiger partial charge in [-0.3, -0.25) is 9.78 Å². The lowest BCUT2D eigenvalue weighted by Gasteiger charge is -2.30. The molecule has 2 rings (SSSR count). The van der Waals surface area contributed by atoms with Crippen LogP contribution in [0.15, 0.2) is 18.5 Å². The molecule has 1 aliphatic rings. The summed E-state index contributed by atoms with van der Waals surface area (Å²) in [4.78, 5) is 18.2. The van der Waals surface area contributed by atoms with Crippen molar-refractivity contribution in [3.63, 3.8) is 0 Å². The summed E-state index contributed by atoms with van der Waals surface area (Å²) >= 11 is 0. The molecule has 0 atom stereocenters. The molecular weight excluding hydrogens is 255 g/mol. The van der Waals surface area contributed by atoms with Gasteiger partial charge in [-0.25, -0.2) is 4.39 Å². The zero-order valence-electron chi connectivity index (χ0n) is 12.3. The molecule has 0 saturated heterocycles. The van der Waals surface area contributed by atoms with Crippen LogP contribution in [0.25, 0.3) is 0 Å². The quantitative estimate of drug-likeness (QED) is 0.823. The highest BCUT2D eigenvalue weighted by atomic mass is 19.1. The molecule has 0 bridgehead atoms. The van der Waals surface area contributed by atoms with Crippen molar-refractivity contribution in [1.29, 1.82) is 0 Å². The van der Waals surface area contributed by atoms with Gasteiger partial charge in [0.25, 0.3) is 5.91 Å². The SMILES string of the molecule is CC(C)CCN(C(=O)c1ccncc1F)C1CCCC1. The number of hydrogen-bond acceptors (Lipinski definition) is 2. The summed E-state index contributed by atoms with van der Waals surface area (Å²) in [7, 11) is 0. The second-order valence-corrected chi connectivity index (χ2v) is 5.97. The van der Waals surface area contributed by atoms with E-state index in [1.807, 2.05) is 4.90 Å². The van der Waals surface area contributed by atoms with Gasteiger partial charge in [0, 0.05) is 18.8 Å². The molecule has 3 nitrogen and oxygen atoms in total. The highest BCUT2D eigenvalue weighted by Gasteiger charge is 2.28. The summed E-state index contributed by atoms with van der Waals surface area (Å²) < 4.78 is 13.8. The van der Waals surface area contributed by atoms with Crippen LogP contribution in [0.5, 0.6) is 0 Å². The third-order valence-electron chi connectivity index (χ3n) is 3.98. The first kappa shape index (κ1) is 14.9. The zero-order valence-corrected chi connectivity index (χ0v) is 12.3. The summed E-state index contributed by atoms with van der Waals surface area (Å²) in [5.41, 5.74) is 0.149. The van der Waals surface area contributed by atoms with Crippen molar-refractivity contribution in [1.82, 2.24) is 9.88 Å².